The second-order valence-electron chi connectivity index (χ2n) is 15.6. The SMILES string of the molecule is CC1(C)c2ccccc2-c2cc(-c3ccc(-c4ccc5oc6cccc(-c7nc(-c8ccccc8)nc(-c8ccc(-c9ccccc9)cc8)n7)c6c5c4)cc3)ccc21. The lowest BCUT2D eigenvalue weighted by Crippen LogP contribution is -2.14. The van der Waals surface area contributed by atoms with Gasteiger partial charge in [0.25, 0.3) is 0 Å². The predicted octanol–water partition coefficient (Wildman–Crippen LogP) is 14.1. The van der Waals surface area contributed by atoms with Gasteiger partial charge in [0.1, 0.15) is 11.2 Å². The molecule has 0 fully saturated rings. The van der Waals surface area contributed by atoms with Gasteiger partial charge in [-0.3, -0.25) is 0 Å². The van der Waals surface area contributed by atoms with Crippen molar-refractivity contribution in [2.45, 2.75) is 19.3 Å². The Morgan fingerprint density at radius 1 is 0.345 bits per heavy atom. The van der Waals surface area contributed by atoms with E-state index >= 15 is 0 Å². The Hall–Kier alpha value is -7.43. The fraction of sp³-hybridized carbons (Fsp3) is 0.0556. The first-order valence-electron chi connectivity index (χ1n) is 19.8. The van der Waals surface area contributed by atoms with Crippen LogP contribution in [0, 0.1) is 0 Å². The van der Waals surface area contributed by atoms with Crippen molar-refractivity contribution in [2.24, 2.45) is 0 Å². The van der Waals surface area contributed by atoms with Crippen LogP contribution in [0.3, 0.4) is 0 Å². The molecule has 1 aliphatic carbocycles. The fourth-order valence-corrected chi connectivity index (χ4v) is 8.73. The second kappa shape index (κ2) is 13.4. The van der Waals surface area contributed by atoms with Crippen LogP contribution in [0.2, 0.25) is 0 Å². The van der Waals surface area contributed by atoms with E-state index in [-0.39, 0.29) is 5.41 Å². The lowest BCUT2D eigenvalue weighted by atomic mass is 9.82. The minimum Gasteiger partial charge on any atom is -0.456 e. The summed E-state index contributed by atoms with van der Waals surface area (Å²) in [5, 5.41) is 2.00. The molecule has 0 bridgehead atoms. The molecule has 10 aromatic rings. The zero-order chi connectivity index (χ0) is 38.8. The van der Waals surface area contributed by atoms with Gasteiger partial charge in [-0.1, -0.05) is 178 Å². The van der Waals surface area contributed by atoms with E-state index in [0.717, 1.165) is 55.3 Å². The van der Waals surface area contributed by atoms with Gasteiger partial charge in [-0.15, -0.1) is 0 Å². The van der Waals surface area contributed by atoms with Crippen LogP contribution in [0.5, 0.6) is 0 Å². The van der Waals surface area contributed by atoms with Gasteiger partial charge in [0, 0.05) is 32.9 Å². The molecule has 0 spiro atoms. The minimum atomic E-state index is -0.00479. The third-order valence-corrected chi connectivity index (χ3v) is 11.8. The third-order valence-electron chi connectivity index (χ3n) is 11.8. The summed E-state index contributed by atoms with van der Waals surface area (Å²) < 4.78 is 6.47. The fourth-order valence-electron chi connectivity index (χ4n) is 8.73. The molecule has 0 radical (unpaired) electrons. The number of nitrogens with zero attached hydrogens (tertiary/aromatic N) is 3. The van der Waals surface area contributed by atoms with E-state index in [2.05, 4.69) is 153 Å². The Labute approximate surface area is 337 Å². The Kier molecular flexibility index (Phi) is 7.80. The number of aromatic nitrogens is 3. The van der Waals surface area contributed by atoms with E-state index in [1.807, 2.05) is 48.5 Å². The molecule has 0 N–H and O–H groups in total. The van der Waals surface area contributed by atoms with E-state index < -0.39 is 0 Å². The summed E-state index contributed by atoms with van der Waals surface area (Å²) in [6, 6.07) is 66.1. The van der Waals surface area contributed by atoms with Crippen LogP contribution >= 0.6 is 0 Å². The number of fused-ring (bicyclic) bond motifs is 6. The minimum absolute atomic E-state index is 0.00479. The molecular weight excluding hydrogens is 707 g/mol. The predicted molar refractivity (Wildman–Crippen MR) is 237 cm³/mol. The van der Waals surface area contributed by atoms with Crippen molar-refractivity contribution in [3.8, 4) is 78.7 Å². The topological polar surface area (TPSA) is 51.8 Å². The normalized spacial score (nSPS) is 12.8. The Bertz CT molecular complexity index is 3160. The molecule has 2 heterocycles. The number of furan rings is 1. The molecule has 0 saturated heterocycles. The van der Waals surface area contributed by atoms with Crippen molar-refractivity contribution in [3.63, 3.8) is 0 Å². The van der Waals surface area contributed by atoms with Crippen LogP contribution in [0.1, 0.15) is 25.0 Å². The van der Waals surface area contributed by atoms with Gasteiger partial charge in [-0.2, -0.15) is 0 Å². The number of hydrogen-bond acceptors (Lipinski definition) is 4. The molecule has 0 atom stereocenters. The molecule has 2 aromatic heterocycles. The Morgan fingerprint density at radius 2 is 0.828 bits per heavy atom. The molecule has 274 valence electrons. The Morgan fingerprint density at radius 3 is 1.53 bits per heavy atom. The highest BCUT2D eigenvalue weighted by Crippen LogP contribution is 2.49. The molecule has 4 heteroatoms. The second-order valence-corrected chi connectivity index (χ2v) is 15.6. The highest BCUT2D eigenvalue weighted by Gasteiger charge is 2.35. The zero-order valence-corrected chi connectivity index (χ0v) is 32.1. The van der Waals surface area contributed by atoms with Crippen molar-refractivity contribution < 1.29 is 4.42 Å². The number of rotatable bonds is 6. The van der Waals surface area contributed by atoms with Gasteiger partial charge in [-0.05, 0) is 79.9 Å². The van der Waals surface area contributed by atoms with Crippen LogP contribution in [-0.2, 0) is 5.41 Å². The van der Waals surface area contributed by atoms with Gasteiger partial charge in [-0.25, -0.2) is 15.0 Å². The monoisotopic (exact) mass is 743 g/mol. The van der Waals surface area contributed by atoms with E-state index in [0.29, 0.717) is 17.5 Å². The first-order valence-corrected chi connectivity index (χ1v) is 19.8. The maximum atomic E-state index is 6.47. The highest BCUT2D eigenvalue weighted by atomic mass is 16.3. The third kappa shape index (κ3) is 5.64. The van der Waals surface area contributed by atoms with Crippen LogP contribution < -0.4 is 0 Å². The maximum absolute atomic E-state index is 6.47. The molecule has 4 nitrogen and oxygen atoms in total. The van der Waals surface area contributed by atoms with E-state index in [1.54, 1.807) is 0 Å². The molecule has 0 unspecified atom stereocenters. The van der Waals surface area contributed by atoms with Crippen LogP contribution in [0.15, 0.2) is 192 Å². The molecule has 0 amide bonds. The average molecular weight is 744 g/mol. The summed E-state index contributed by atoms with van der Waals surface area (Å²) >= 11 is 0. The summed E-state index contributed by atoms with van der Waals surface area (Å²) in [6.07, 6.45) is 0. The van der Waals surface area contributed by atoms with Crippen molar-refractivity contribution >= 4 is 21.9 Å². The first kappa shape index (κ1) is 33.9. The Balaban J connectivity index is 0.984. The number of hydrogen-bond donors (Lipinski definition) is 0. The van der Waals surface area contributed by atoms with E-state index in [4.69, 9.17) is 19.4 Å². The van der Waals surface area contributed by atoms with Crippen molar-refractivity contribution in [1.82, 2.24) is 15.0 Å². The van der Waals surface area contributed by atoms with E-state index in [1.165, 1.54) is 38.9 Å². The van der Waals surface area contributed by atoms with Crippen molar-refractivity contribution in [2.75, 3.05) is 0 Å². The molecule has 8 aromatic carbocycles. The molecule has 0 aliphatic heterocycles. The first-order chi connectivity index (χ1) is 28.5. The summed E-state index contributed by atoms with van der Waals surface area (Å²) in [6.45, 7) is 4.65. The molecule has 1 aliphatic rings. The zero-order valence-electron chi connectivity index (χ0n) is 32.1. The summed E-state index contributed by atoms with van der Waals surface area (Å²) in [4.78, 5) is 15.2. The highest BCUT2D eigenvalue weighted by molar-refractivity contribution is 6.12. The standard InChI is InChI=1S/C54H37N3O/c1-54(2)46-18-10-9-16-42(46)44-32-40(28-30-47(44)54)36-20-22-37(23-21-36)41-29-31-48-45(33-41)50-43(17-11-19-49(50)58-48)53-56-51(38-14-7-4-8-15-38)55-52(57-53)39-26-24-35(25-27-39)34-12-5-3-6-13-34/h3-33H,1-2H3. The van der Waals surface area contributed by atoms with Gasteiger partial charge in [0.2, 0.25) is 0 Å². The number of benzene rings is 8. The van der Waals surface area contributed by atoms with Crippen LogP contribution in [0.25, 0.3) is 101 Å². The lowest BCUT2D eigenvalue weighted by molar-refractivity contribution is 0.660. The molecular formula is C54H37N3O. The van der Waals surface area contributed by atoms with Gasteiger partial charge >= 0.3 is 0 Å². The van der Waals surface area contributed by atoms with Gasteiger partial charge in [0.15, 0.2) is 17.5 Å². The molecule has 11 rings (SSSR count). The van der Waals surface area contributed by atoms with Crippen molar-refractivity contribution in [1.29, 1.82) is 0 Å². The summed E-state index contributed by atoms with van der Waals surface area (Å²) in [5.74, 6) is 1.83. The van der Waals surface area contributed by atoms with Crippen molar-refractivity contribution in [3.05, 3.63) is 199 Å². The maximum Gasteiger partial charge on any atom is 0.164 e. The van der Waals surface area contributed by atoms with Gasteiger partial charge < -0.3 is 4.42 Å². The quantitative estimate of drug-likeness (QED) is 0.170. The molecule has 58 heavy (non-hydrogen) atoms. The summed E-state index contributed by atoms with van der Waals surface area (Å²) in [5.41, 5.74) is 16.8. The lowest BCUT2D eigenvalue weighted by Gasteiger charge is -2.21. The molecule has 0 saturated carbocycles. The largest absolute Gasteiger partial charge is 0.456 e. The average Bonchev–Trinajstić information content (AvgIpc) is 3.78. The summed E-state index contributed by atoms with van der Waals surface area (Å²) in [7, 11) is 0. The van der Waals surface area contributed by atoms with Crippen LogP contribution in [-0.4, -0.2) is 15.0 Å². The van der Waals surface area contributed by atoms with Gasteiger partial charge in [0.05, 0.1) is 0 Å². The van der Waals surface area contributed by atoms with Crippen LogP contribution in [0.4, 0.5) is 0 Å². The van der Waals surface area contributed by atoms with E-state index in [9.17, 15) is 0 Å². The smallest absolute Gasteiger partial charge is 0.164 e.